The molecule has 0 bridgehead atoms. The van der Waals surface area contributed by atoms with Crippen LogP contribution in [0.25, 0.3) is 0 Å². The Labute approximate surface area is 123 Å². The molecule has 0 aromatic heterocycles. The van der Waals surface area contributed by atoms with Gasteiger partial charge in [0.15, 0.2) is 0 Å². The number of hydrogen-bond acceptors (Lipinski definition) is 4. The highest BCUT2D eigenvalue weighted by molar-refractivity contribution is 5.37. The second-order valence-electron chi connectivity index (χ2n) is 5.41. The van der Waals surface area contributed by atoms with Gasteiger partial charge in [0.25, 0.3) is 0 Å². The van der Waals surface area contributed by atoms with Crippen LogP contribution in [0.4, 0.5) is 0 Å². The lowest BCUT2D eigenvalue weighted by molar-refractivity contribution is 0.158. The predicted octanol–water partition coefficient (Wildman–Crippen LogP) is 2.27. The molecular formula is C16H28N2O2. The lowest BCUT2D eigenvalue weighted by atomic mass is 10.1. The zero-order chi connectivity index (χ0) is 15.0. The topological polar surface area (TPSA) is 33.7 Å². The Hall–Kier alpha value is -1.10. The van der Waals surface area contributed by atoms with E-state index in [1.54, 1.807) is 14.2 Å². The maximum atomic E-state index is 5.45. The van der Waals surface area contributed by atoms with E-state index >= 15 is 0 Å². The molecule has 0 aliphatic rings. The number of ether oxygens (including phenoxy) is 2. The van der Waals surface area contributed by atoms with E-state index in [1.165, 1.54) is 11.1 Å². The summed E-state index contributed by atoms with van der Waals surface area (Å²) < 4.78 is 10.6. The molecular weight excluding hydrogens is 252 g/mol. The normalized spacial score (nSPS) is 11.3. The summed E-state index contributed by atoms with van der Waals surface area (Å²) in [6.07, 6.45) is 0. The molecule has 1 N–H and O–H groups in total. The minimum Gasteiger partial charge on any atom is -0.496 e. The van der Waals surface area contributed by atoms with Crippen molar-refractivity contribution < 1.29 is 9.47 Å². The van der Waals surface area contributed by atoms with Crippen LogP contribution in [-0.4, -0.2) is 45.4 Å². The molecule has 0 amide bonds. The molecule has 0 saturated heterocycles. The van der Waals surface area contributed by atoms with Crippen LogP contribution in [0, 0.1) is 0 Å². The Bertz CT molecular complexity index is 394. The van der Waals surface area contributed by atoms with E-state index in [0.29, 0.717) is 6.04 Å². The maximum absolute atomic E-state index is 5.45. The summed E-state index contributed by atoms with van der Waals surface area (Å²) in [6, 6.07) is 6.88. The summed E-state index contributed by atoms with van der Waals surface area (Å²) >= 11 is 0. The fraction of sp³-hybridized carbons (Fsp3) is 0.625. The van der Waals surface area contributed by atoms with Crippen molar-refractivity contribution in [3.8, 4) is 5.75 Å². The molecule has 4 heteroatoms. The number of methoxy groups -OCH3 is 2. The van der Waals surface area contributed by atoms with Gasteiger partial charge in [-0.15, -0.1) is 0 Å². The van der Waals surface area contributed by atoms with Gasteiger partial charge in [0.05, 0.1) is 13.7 Å². The van der Waals surface area contributed by atoms with Crippen molar-refractivity contribution in [1.82, 2.24) is 10.2 Å². The quantitative estimate of drug-likeness (QED) is 0.752. The maximum Gasteiger partial charge on any atom is 0.123 e. The lowest BCUT2D eigenvalue weighted by Gasteiger charge is -2.19. The second kappa shape index (κ2) is 8.95. The van der Waals surface area contributed by atoms with Gasteiger partial charge >= 0.3 is 0 Å². The third-order valence-electron chi connectivity index (χ3n) is 3.18. The molecule has 1 rings (SSSR count). The fourth-order valence-electron chi connectivity index (χ4n) is 2.00. The average molecular weight is 280 g/mol. The number of nitrogens with zero attached hydrogens (tertiary/aromatic N) is 1. The molecule has 0 radical (unpaired) electrons. The number of hydrogen-bond donors (Lipinski definition) is 1. The zero-order valence-electron chi connectivity index (χ0n) is 13.4. The van der Waals surface area contributed by atoms with Crippen LogP contribution < -0.4 is 10.1 Å². The van der Waals surface area contributed by atoms with Crippen molar-refractivity contribution in [3.05, 3.63) is 29.3 Å². The third-order valence-corrected chi connectivity index (χ3v) is 3.18. The van der Waals surface area contributed by atoms with E-state index in [2.05, 4.69) is 49.3 Å². The van der Waals surface area contributed by atoms with E-state index < -0.39 is 0 Å². The highest BCUT2D eigenvalue weighted by atomic mass is 16.5. The SMILES string of the molecule is COCCN(C)Cc1cc(CNC(C)C)ccc1OC. The number of likely N-dealkylation sites (N-methyl/N-ethyl adjacent to an activating group) is 1. The molecule has 0 aliphatic heterocycles. The van der Waals surface area contributed by atoms with Crippen LogP contribution in [0.15, 0.2) is 18.2 Å². The standard InChI is InChI=1S/C16H28N2O2/c1-13(2)17-11-14-6-7-16(20-5)15(10-14)12-18(3)8-9-19-4/h6-7,10,13,17H,8-9,11-12H2,1-5H3. The summed E-state index contributed by atoms with van der Waals surface area (Å²) in [5.41, 5.74) is 2.50. The van der Waals surface area contributed by atoms with Crippen LogP contribution >= 0.6 is 0 Å². The first-order valence-electron chi connectivity index (χ1n) is 7.13. The van der Waals surface area contributed by atoms with Gasteiger partial charge in [-0.05, 0) is 24.7 Å². The molecule has 0 saturated carbocycles. The first-order chi connectivity index (χ1) is 9.56. The fourth-order valence-corrected chi connectivity index (χ4v) is 2.00. The Morgan fingerprint density at radius 3 is 2.60 bits per heavy atom. The van der Waals surface area contributed by atoms with Gasteiger partial charge < -0.3 is 14.8 Å². The van der Waals surface area contributed by atoms with Gasteiger partial charge in [0, 0.05) is 38.3 Å². The van der Waals surface area contributed by atoms with Crippen LogP contribution in [-0.2, 0) is 17.8 Å². The molecule has 0 fully saturated rings. The zero-order valence-corrected chi connectivity index (χ0v) is 13.4. The molecule has 114 valence electrons. The molecule has 0 heterocycles. The van der Waals surface area contributed by atoms with Gasteiger partial charge in [0.1, 0.15) is 5.75 Å². The summed E-state index contributed by atoms with van der Waals surface area (Å²) in [5, 5.41) is 3.44. The van der Waals surface area contributed by atoms with Crippen LogP contribution in [0.2, 0.25) is 0 Å². The average Bonchev–Trinajstić information content (AvgIpc) is 2.43. The van der Waals surface area contributed by atoms with Gasteiger partial charge in [0.2, 0.25) is 0 Å². The van der Waals surface area contributed by atoms with Gasteiger partial charge in [-0.2, -0.15) is 0 Å². The Morgan fingerprint density at radius 1 is 1.25 bits per heavy atom. The van der Waals surface area contributed by atoms with Gasteiger partial charge in [-0.25, -0.2) is 0 Å². The molecule has 1 aromatic rings. The van der Waals surface area contributed by atoms with Crippen molar-refractivity contribution in [3.63, 3.8) is 0 Å². The Morgan fingerprint density at radius 2 is 2.00 bits per heavy atom. The van der Waals surface area contributed by atoms with Gasteiger partial charge in [-0.3, -0.25) is 4.90 Å². The smallest absolute Gasteiger partial charge is 0.123 e. The van der Waals surface area contributed by atoms with Crippen molar-refractivity contribution in [1.29, 1.82) is 0 Å². The van der Waals surface area contributed by atoms with Crippen molar-refractivity contribution in [2.75, 3.05) is 34.4 Å². The number of benzene rings is 1. The Balaban J connectivity index is 2.72. The molecule has 0 atom stereocenters. The number of nitrogens with one attached hydrogen (secondary N) is 1. The lowest BCUT2D eigenvalue weighted by Crippen LogP contribution is -2.23. The molecule has 20 heavy (non-hydrogen) atoms. The summed E-state index contributed by atoms with van der Waals surface area (Å²) in [6.45, 7) is 7.71. The molecule has 0 spiro atoms. The highest BCUT2D eigenvalue weighted by Crippen LogP contribution is 2.21. The highest BCUT2D eigenvalue weighted by Gasteiger charge is 2.08. The largest absolute Gasteiger partial charge is 0.496 e. The van der Waals surface area contributed by atoms with Crippen molar-refractivity contribution in [2.45, 2.75) is 33.0 Å². The van der Waals surface area contributed by atoms with E-state index in [4.69, 9.17) is 9.47 Å². The first kappa shape index (κ1) is 17.0. The van der Waals surface area contributed by atoms with E-state index in [-0.39, 0.29) is 0 Å². The van der Waals surface area contributed by atoms with E-state index in [9.17, 15) is 0 Å². The summed E-state index contributed by atoms with van der Waals surface area (Å²) in [5.74, 6) is 0.947. The van der Waals surface area contributed by atoms with Crippen LogP contribution in [0.3, 0.4) is 0 Å². The molecule has 1 aromatic carbocycles. The molecule has 0 unspecified atom stereocenters. The van der Waals surface area contributed by atoms with Crippen LogP contribution in [0.5, 0.6) is 5.75 Å². The summed E-state index contributed by atoms with van der Waals surface area (Å²) in [7, 11) is 5.55. The van der Waals surface area contributed by atoms with Crippen molar-refractivity contribution in [2.24, 2.45) is 0 Å². The number of rotatable bonds is 9. The summed E-state index contributed by atoms with van der Waals surface area (Å²) in [4.78, 5) is 2.24. The second-order valence-corrected chi connectivity index (χ2v) is 5.41. The van der Waals surface area contributed by atoms with Gasteiger partial charge in [-0.1, -0.05) is 19.9 Å². The van der Waals surface area contributed by atoms with E-state index in [1.807, 2.05) is 0 Å². The Kier molecular flexibility index (Phi) is 7.59. The third kappa shape index (κ3) is 5.90. The first-order valence-corrected chi connectivity index (χ1v) is 7.13. The minimum atomic E-state index is 0.491. The monoisotopic (exact) mass is 280 g/mol. The van der Waals surface area contributed by atoms with E-state index in [0.717, 1.165) is 32.0 Å². The minimum absolute atomic E-state index is 0.491. The van der Waals surface area contributed by atoms with Crippen molar-refractivity contribution >= 4 is 0 Å². The molecule has 0 aliphatic carbocycles. The predicted molar refractivity (Wildman–Crippen MR) is 83.2 cm³/mol. The van der Waals surface area contributed by atoms with Crippen LogP contribution in [0.1, 0.15) is 25.0 Å². The molecule has 4 nitrogen and oxygen atoms in total.